The van der Waals surface area contributed by atoms with E-state index in [0.29, 0.717) is 34.3 Å². The van der Waals surface area contributed by atoms with E-state index in [2.05, 4.69) is 45.2 Å². The predicted molar refractivity (Wildman–Crippen MR) is 135 cm³/mol. The molecule has 1 aliphatic rings. The Hall–Kier alpha value is -4.00. The lowest BCUT2D eigenvalue weighted by Gasteiger charge is -2.36. The highest BCUT2D eigenvalue weighted by Gasteiger charge is 2.30. The van der Waals surface area contributed by atoms with Crippen molar-refractivity contribution in [3.8, 4) is 11.4 Å². The Labute approximate surface area is 216 Å². The average Bonchev–Trinajstić information content (AvgIpc) is 2.92. The molecule has 1 unspecified atom stereocenters. The zero-order valence-corrected chi connectivity index (χ0v) is 20.7. The van der Waals surface area contributed by atoms with Crippen LogP contribution in [0.4, 0.5) is 34.9 Å². The third kappa shape index (κ3) is 5.32. The van der Waals surface area contributed by atoms with Crippen molar-refractivity contribution in [1.82, 2.24) is 35.0 Å². The van der Waals surface area contributed by atoms with E-state index in [-0.39, 0.29) is 17.2 Å². The molecule has 0 aliphatic carbocycles. The summed E-state index contributed by atoms with van der Waals surface area (Å²) in [6.45, 7) is 0.862. The number of pyridine rings is 2. The fraction of sp³-hybridized carbons (Fsp3) is 0.360. The van der Waals surface area contributed by atoms with Crippen molar-refractivity contribution in [2.75, 3.05) is 37.4 Å². The Kier molecular flexibility index (Phi) is 7.02. The fourth-order valence-corrected chi connectivity index (χ4v) is 4.38. The Morgan fingerprint density at radius 3 is 2.63 bits per heavy atom. The summed E-state index contributed by atoms with van der Waals surface area (Å²) in [5.41, 5.74) is 1.16. The smallest absolute Gasteiger partial charge is 0.354 e. The number of hydrogen-bond acceptors (Lipinski definition) is 9. The van der Waals surface area contributed by atoms with E-state index in [1.165, 1.54) is 18.5 Å². The summed E-state index contributed by atoms with van der Waals surface area (Å²) >= 11 is 0. The molecule has 5 rings (SSSR count). The molecule has 0 amide bonds. The van der Waals surface area contributed by atoms with Gasteiger partial charge in [0.15, 0.2) is 11.5 Å². The molecule has 0 radical (unpaired) electrons. The Morgan fingerprint density at radius 2 is 1.92 bits per heavy atom. The molecule has 1 N–H and O–H groups in total. The summed E-state index contributed by atoms with van der Waals surface area (Å²) < 4.78 is 52.6. The molecule has 13 heteroatoms. The van der Waals surface area contributed by atoms with Gasteiger partial charge in [-0.3, -0.25) is 0 Å². The molecular formula is C25H25F4N9. The van der Waals surface area contributed by atoms with Crippen LogP contribution < -0.4 is 10.2 Å². The third-order valence-corrected chi connectivity index (χ3v) is 6.50. The van der Waals surface area contributed by atoms with Gasteiger partial charge in [0.1, 0.15) is 29.4 Å². The van der Waals surface area contributed by atoms with E-state index < -0.39 is 18.4 Å². The molecule has 0 spiro atoms. The van der Waals surface area contributed by atoms with E-state index in [1.807, 2.05) is 14.1 Å². The zero-order valence-electron chi connectivity index (χ0n) is 20.7. The Morgan fingerprint density at radius 1 is 1.08 bits per heavy atom. The van der Waals surface area contributed by atoms with Crippen molar-refractivity contribution in [3.05, 3.63) is 54.0 Å². The highest BCUT2D eigenvalue weighted by molar-refractivity contribution is 5.87. The zero-order chi connectivity index (χ0) is 26.9. The molecule has 0 saturated carbocycles. The van der Waals surface area contributed by atoms with Gasteiger partial charge in [-0.05, 0) is 51.2 Å². The minimum absolute atomic E-state index is 0.201. The maximum atomic E-state index is 14.1. The Balaban J connectivity index is 1.41. The summed E-state index contributed by atoms with van der Waals surface area (Å²) in [4.78, 5) is 21.3. The molecule has 198 valence electrons. The standard InChI is InChI=1S/C25H25F4N9/c1-37(2)17-4-3-9-38(14-17)21-10-15(11-26)22(36-35-21)19-13-32-23-18(7-8-30-24(23)34-19)33-20-6-5-16(12-31-20)25(27,28)29/h5-8,10,12-13,17H,3-4,9,11,14H2,1-2H3,(H,30,31,33,34). The van der Waals surface area contributed by atoms with Gasteiger partial charge in [-0.25, -0.2) is 24.3 Å². The average molecular weight is 528 g/mol. The number of nitrogens with zero attached hydrogens (tertiary/aromatic N) is 8. The molecule has 0 bridgehead atoms. The minimum Gasteiger partial charge on any atom is -0.354 e. The molecule has 5 heterocycles. The second kappa shape index (κ2) is 10.4. The first-order valence-electron chi connectivity index (χ1n) is 12.0. The molecule has 1 saturated heterocycles. The van der Waals surface area contributed by atoms with E-state index >= 15 is 0 Å². The van der Waals surface area contributed by atoms with Crippen molar-refractivity contribution >= 4 is 28.5 Å². The van der Waals surface area contributed by atoms with Crippen LogP contribution in [-0.2, 0) is 12.9 Å². The number of anilines is 3. The molecule has 0 aromatic carbocycles. The second-order valence-electron chi connectivity index (χ2n) is 9.26. The molecule has 38 heavy (non-hydrogen) atoms. The van der Waals surface area contributed by atoms with Crippen molar-refractivity contribution in [2.24, 2.45) is 0 Å². The maximum absolute atomic E-state index is 14.1. The number of halogens is 4. The summed E-state index contributed by atoms with van der Waals surface area (Å²) in [7, 11) is 4.09. The topological polar surface area (TPSA) is 95.8 Å². The monoisotopic (exact) mass is 527 g/mol. The number of fused-ring (bicyclic) bond motifs is 1. The van der Waals surface area contributed by atoms with Gasteiger partial charge in [0, 0.05) is 37.1 Å². The van der Waals surface area contributed by atoms with Crippen LogP contribution in [-0.4, -0.2) is 68.3 Å². The second-order valence-corrected chi connectivity index (χ2v) is 9.26. The molecule has 1 atom stereocenters. The van der Waals surface area contributed by atoms with Gasteiger partial charge in [0.05, 0.1) is 17.4 Å². The van der Waals surface area contributed by atoms with Crippen molar-refractivity contribution in [2.45, 2.75) is 31.7 Å². The lowest BCUT2D eigenvalue weighted by molar-refractivity contribution is -0.137. The normalized spacial score (nSPS) is 16.3. The molecule has 1 aliphatic heterocycles. The predicted octanol–water partition coefficient (Wildman–Crippen LogP) is 4.64. The number of piperidine rings is 1. The molecule has 4 aromatic rings. The quantitative estimate of drug-likeness (QED) is 0.360. The van der Waals surface area contributed by atoms with Crippen LogP contribution in [0.25, 0.3) is 22.6 Å². The van der Waals surface area contributed by atoms with Gasteiger partial charge in [-0.1, -0.05) is 0 Å². The summed E-state index contributed by atoms with van der Waals surface area (Å²) in [6.07, 6.45) is 1.31. The first kappa shape index (κ1) is 25.6. The van der Waals surface area contributed by atoms with Gasteiger partial charge in [-0.15, -0.1) is 10.2 Å². The van der Waals surface area contributed by atoms with Gasteiger partial charge in [-0.2, -0.15) is 13.2 Å². The number of likely N-dealkylation sites (N-methyl/N-ethyl adjacent to an activating group) is 1. The Bertz CT molecular complexity index is 1430. The number of nitrogens with one attached hydrogen (secondary N) is 1. The van der Waals surface area contributed by atoms with E-state index in [0.717, 1.165) is 38.2 Å². The number of hydrogen-bond donors (Lipinski definition) is 1. The van der Waals surface area contributed by atoms with Crippen LogP contribution in [0.1, 0.15) is 24.0 Å². The van der Waals surface area contributed by atoms with Crippen LogP contribution in [0, 0.1) is 0 Å². The van der Waals surface area contributed by atoms with Crippen LogP contribution >= 0.6 is 0 Å². The van der Waals surface area contributed by atoms with Gasteiger partial charge < -0.3 is 15.1 Å². The van der Waals surface area contributed by atoms with Crippen LogP contribution in [0.3, 0.4) is 0 Å². The number of alkyl halides is 4. The van der Waals surface area contributed by atoms with E-state index in [1.54, 1.807) is 12.1 Å². The molecule has 1 fully saturated rings. The van der Waals surface area contributed by atoms with E-state index in [4.69, 9.17) is 0 Å². The van der Waals surface area contributed by atoms with Gasteiger partial charge in [0.2, 0.25) is 0 Å². The van der Waals surface area contributed by atoms with Gasteiger partial charge in [0.25, 0.3) is 0 Å². The number of aromatic nitrogens is 6. The lowest BCUT2D eigenvalue weighted by Crippen LogP contribution is -2.45. The lowest BCUT2D eigenvalue weighted by atomic mass is 10.0. The molecule has 9 nitrogen and oxygen atoms in total. The third-order valence-electron chi connectivity index (χ3n) is 6.50. The molecular weight excluding hydrogens is 502 g/mol. The van der Waals surface area contributed by atoms with Crippen LogP contribution in [0.5, 0.6) is 0 Å². The SMILES string of the molecule is CN(C)C1CCCN(c2cc(CF)c(-c3cnc4c(Nc5ccc(C(F)(F)F)cn5)ccnc4n3)nn2)C1. The highest BCUT2D eigenvalue weighted by Crippen LogP contribution is 2.31. The number of rotatable bonds is 6. The van der Waals surface area contributed by atoms with Crippen LogP contribution in [0.2, 0.25) is 0 Å². The van der Waals surface area contributed by atoms with Crippen molar-refractivity contribution in [1.29, 1.82) is 0 Å². The highest BCUT2D eigenvalue weighted by atomic mass is 19.4. The van der Waals surface area contributed by atoms with Gasteiger partial charge >= 0.3 is 6.18 Å². The minimum atomic E-state index is -4.47. The van der Waals surface area contributed by atoms with Crippen LogP contribution in [0.15, 0.2) is 42.9 Å². The summed E-state index contributed by atoms with van der Waals surface area (Å²) in [5.74, 6) is 0.821. The van der Waals surface area contributed by atoms with Crippen molar-refractivity contribution < 1.29 is 17.6 Å². The largest absolute Gasteiger partial charge is 0.417 e. The summed E-state index contributed by atoms with van der Waals surface area (Å²) in [6, 6.07) is 5.86. The first-order chi connectivity index (χ1) is 18.2. The maximum Gasteiger partial charge on any atom is 0.417 e. The molecule has 4 aromatic heterocycles. The fourth-order valence-electron chi connectivity index (χ4n) is 4.38. The first-order valence-corrected chi connectivity index (χ1v) is 12.0. The van der Waals surface area contributed by atoms with E-state index in [9.17, 15) is 17.6 Å². The van der Waals surface area contributed by atoms with Crippen molar-refractivity contribution in [3.63, 3.8) is 0 Å². The summed E-state index contributed by atoms with van der Waals surface area (Å²) in [5, 5.41) is 11.6.